The molecular weight excluding hydrogens is 445 g/mol. The highest BCUT2D eigenvalue weighted by Gasteiger charge is 2.33. The molecule has 1 N–H and O–H groups in total. The molecule has 10 heteroatoms. The quantitative estimate of drug-likeness (QED) is 0.557. The smallest absolute Gasteiger partial charge is 0.416 e. The standard InChI is InChI=1S/C22H19F3N2O4S/c1-31-19-10-6-8-17(14-19)26-21(28)15-27(32(29,30)20-11-3-2-4-12-20)18-9-5-7-16(13-18)22(23,24)25/h2-14H,15H2,1H3,(H,26,28). The number of nitrogens with zero attached hydrogens (tertiary/aromatic N) is 1. The van der Waals surface area contributed by atoms with Crippen molar-refractivity contribution in [3.05, 3.63) is 84.4 Å². The molecule has 0 heterocycles. The Bertz CT molecular complexity index is 1200. The lowest BCUT2D eigenvalue weighted by Crippen LogP contribution is -2.38. The molecule has 3 aromatic rings. The second-order valence-corrected chi connectivity index (χ2v) is 8.52. The van der Waals surface area contributed by atoms with Crippen molar-refractivity contribution >= 4 is 27.3 Å². The minimum Gasteiger partial charge on any atom is -0.497 e. The first-order valence-corrected chi connectivity index (χ1v) is 10.7. The molecule has 0 radical (unpaired) electrons. The van der Waals surface area contributed by atoms with Crippen LogP contribution in [0.15, 0.2) is 83.8 Å². The summed E-state index contributed by atoms with van der Waals surface area (Å²) in [5, 5.41) is 2.54. The van der Waals surface area contributed by atoms with Crippen LogP contribution < -0.4 is 14.4 Å². The van der Waals surface area contributed by atoms with Crippen LogP contribution in [0.5, 0.6) is 5.75 Å². The molecule has 6 nitrogen and oxygen atoms in total. The van der Waals surface area contributed by atoms with E-state index in [-0.39, 0.29) is 10.6 Å². The third-order valence-electron chi connectivity index (χ3n) is 4.43. The summed E-state index contributed by atoms with van der Waals surface area (Å²) in [6, 6.07) is 17.4. The number of sulfonamides is 1. The molecule has 32 heavy (non-hydrogen) atoms. The molecule has 0 aliphatic carbocycles. The van der Waals surface area contributed by atoms with E-state index in [9.17, 15) is 26.4 Å². The fourth-order valence-corrected chi connectivity index (χ4v) is 4.34. The second kappa shape index (κ2) is 9.31. The molecule has 0 bridgehead atoms. The van der Waals surface area contributed by atoms with Crippen LogP contribution in [-0.2, 0) is 21.0 Å². The molecule has 0 unspecified atom stereocenters. The number of hydrogen-bond donors (Lipinski definition) is 1. The van der Waals surface area contributed by atoms with E-state index in [2.05, 4.69) is 5.32 Å². The Morgan fingerprint density at radius 2 is 1.66 bits per heavy atom. The fraction of sp³-hybridized carbons (Fsp3) is 0.136. The summed E-state index contributed by atoms with van der Waals surface area (Å²) in [6.45, 7) is -0.740. The Balaban J connectivity index is 1.98. The van der Waals surface area contributed by atoms with Gasteiger partial charge in [-0.05, 0) is 42.5 Å². The maximum atomic E-state index is 13.2. The first-order chi connectivity index (χ1) is 15.1. The molecule has 3 aromatic carbocycles. The van der Waals surface area contributed by atoms with Gasteiger partial charge in [0, 0.05) is 11.8 Å². The van der Waals surface area contributed by atoms with E-state index in [1.165, 1.54) is 43.5 Å². The molecule has 168 valence electrons. The number of carbonyl (C=O) groups excluding carboxylic acids is 1. The Kier molecular flexibility index (Phi) is 6.73. The van der Waals surface area contributed by atoms with Gasteiger partial charge in [0.05, 0.1) is 23.3 Å². The van der Waals surface area contributed by atoms with Crippen LogP contribution in [0, 0.1) is 0 Å². The number of amides is 1. The summed E-state index contributed by atoms with van der Waals surface area (Å²) >= 11 is 0. The van der Waals surface area contributed by atoms with Gasteiger partial charge in [-0.15, -0.1) is 0 Å². The van der Waals surface area contributed by atoms with Gasteiger partial charge in [-0.3, -0.25) is 9.10 Å². The first-order valence-electron chi connectivity index (χ1n) is 9.30. The highest BCUT2D eigenvalue weighted by Crippen LogP contribution is 2.33. The summed E-state index contributed by atoms with van der Waals surface area (Å²) in [6.07, 6.45) is -4.68. The van der Waals surface area contributed by atoms with E-state index in [1.54, 1.807) is 24.3 Å². The monoisotopic (exact) mass is 464 g/mol. The van der Waals surface area contributed by atoms with Gasteiger partial charge in [0.25, 0.3) is 10.0 Å². The van der Waals surface area contributed by atoms with Crippen molar-refractivity contribution in [2.45, 2.75) is 11.1 Å². The highest BCUT2D eigenvalue weighted by atomic mass is 32.2. The summed E-state index contributed by atoms with van der Waals surface area (Å²) in [5.74, 6) is -0.274. The Morgan fingerprint density at radius 1 is 0.969 bits per heavy atom. The maximum Gasteiger partial charge on any atom is 0.416 e. The van der Waals surface area contributed by atoms with Crippen molar-refractivity contribution in [1.29, 1.82) is 0 Å². The van der Waals surface area contributed by atoms with E-state index < -0.39 is 34.2 Å². The van der Waals surface area contributed by atoms with Crippen molar-refractivity contribution in [3.63, 3.8) is 0 Å². The molecule has 0 aliphatic rings. The average molecular weight is 464 g/mol. The van der Waals surface area contributed by atoms with Crippen LogP contribution in [0.2, 0.25) is 0 Å². The lowest BCUT2D eigenvalue weighted by molar-refractivity contribution is -0.137. The van der Waals surface area contributed by atoms with Crippen molar-refractivity contribution in [2.75, 3.05) is 23.3 Å². The van der Waals surface area contributed by atoms with Crippen LogP contribution in [-0.4, -0.2) is 28.0 Å². The second-order valence-electron chi connectivity index (χ2n) is 6.65. The number of halogens is 3. The highest BCUT2D eigenvalue weighted by molar-refractivity contribution is 7.92. The number of anilines is 2. The number of alkyl halides is 3. The third kappa shape index (κ3) is 5.38. The van der Waals surface area contributed by atoms with Gasteiger partial charge in [-0.1, -0.05) is 30.3 Å². The average Bonchev–Trinajstić information content (AvgIpc) is 2.77. The molecule has 0 atom stereocenters. The number of benzene rings is 3. The molecule has 1 amide bonds. The number of hydrogen-bond acceptors (Lipinski definition) is 4. The molecule has 0 spiro atoms. The number of ether oxygens (including phenoxy) is 1. The Hall–Kier alpha value is -3.53. The number of carbonyl (C=O) groups is 1. The summed E-state index contributed by atoms with van der Waals surface area (Å²) in [4.78, 5) is 12.5. The van der Waals surface area contributed by atoms with E-state index in [0.717, 1.165) is 12.1 Å². The van der Waals surface area contributed by atoms with Crippen LogP contribution in [0.25, 0.3) is 0 Å². The van der Waals surface area contributed by atoms with Crippen molar-refractivity contribution in [3.8, 4) is 5.75 Å². The minimum atomic E-state index is -4.68. The van der Waals surface area contributed by atoms with Gasteiger partial charge in [-0.25, -0.2) is 8.42 Å². The summed E-state index contributed by atoms with van der Waals surface area (Å²) in [5.41, 5.74) is -0.976. The predicted molar refractivity (Wildman–Crippen MR) is 114 cm³/mol. The van der Waals surface area contributed by atoms with Gasteiger partial charge in [0.1, 0.15) is 12.3 Å². The summed E-state index contributed by atoms with van der Waals surface area (Å²) < 4.78 is 71.8. The van der Waals surface area contributed by atoms with Crippen LogP contribution in [0.4, 0.5) is 24.5 Å². The van der Waals surface area contributed by atoms with E-state index in [0.29, 0.717) is 21.8 Å². The lowest BCUT2D eigenvalue weighted by Gasteiger charge is -2.25. The van der Waals surface area contributed by atoms with Gasteiger partial charge in [0.15, 0.2) is 0 Å². The van der Waals surface area contributed by atoms with Crippen LogP contribution >= 0.6 is 0 Å². The van der Waals surface area contributed by atoms with E-state index in [1.807, 2.05) is 0 Å². The van der Waals surface area contributed by atoms with Gasteiger partial charge in [-0.2, -0.15) is 13.2 Å². The van der Waals surface area contributed by atoms with Gasteiger partial charge < -0.3 is 10.1 Å². The Morgan fingerprint density at radius 3 is 2.31 bits per heavy atom. The normalized spacial score (nSPS) is 11.6. The van der Waals surface area contributed by atoms with Crippen LogP contribution in [0.3, 0.4) is 0 Å². The van der Waals surface area contributed by atoms with Gasteiger partial charge >= 0.3 is 6.18 Å². The predicted octanol–water partition coefficient (Wildman–Crippen LogP) is 4.55. The SMILES string of the molecule is COc1cccc(NC(=O)CN(c2cccc(C(F)(F)F)c2)S(=O)(=O)c2ccccc2)c1. The third-order valence-corrected chi connectivity index (χ3v) is 6.22. The number of rotatable bonds is 7. The largest absolute Gasteiger partial charge is 0.497 e. The zero-order chi connectivity index (χ0) is 23.4. The first kappa shape index (κ1) is 23.1. The molecule has 0 aromatic heterocycles. The fourth-order valence-electron chi connectivity index (χ4n) is 2.90. The molecule has 0 aliphatic heterocycles. The number of methoxy groups -OCH3 is 1. The van der Waals surface area contributed by atoms with Crippen LogP contribution in [0.1, 0.15) is 5.56 Å². The van der Waals surface area contributed by atoms with E-state index >= 15 is 0 Å². The van der Waals surface area contributed by atoms with Crippen molar-refractivity contribution < 1.29 is 31.1 Å². The molecule has 3 rings (SSSR count). The van der Waals surface area contributed by atoms with E-state index in [4.69, 9.17) is 4.74 Å². The topological polar surface area (TPSA) is 75.7 Å². The maximum absolute atomic E-state index is 13.2. The Labute approximate surface area is 183 Å². The summed E-state index contributed by atoms with van der Waals surface area (Å²) in [7, 11) is -2.89. The number of nitrogens with one attached hydrogen (secondary N) is 1. The van der Waals surface area contributed by atoms with Crippen molar-refractivity contribution in [1.82, 2.24) is 0 Å². The lowest BCUT2D eigenvalue weighted by atomic mass is 10.2. The molecule has 0 saturated carbocycles. The zero-order valence-corrected chi connectivity index (χ0v) is 17.7. The van der Waals surface area contributed by atoms with Gasteiger partial charge in [0.2, 0.25) is 5.91 Å². The molecule has 0 saturated heterocycles. The molecule has 0 fully saturated rings. The minimum absolute atomic E-state index is 0.161. The zero-order valence-electron chi connectivity index (χ0n) is 16.8. The van der Waals surface area contributed by atoms with Crippen molar-refractivity contribution in [2.24, 2.45) is 0 Å². The molecular formula is C22H19F3N2O4S.